The second-order valence-electron chi connectivity index (χ2n) is 8.80. The van der Waals surface area contributed by atoms with Crippen LogP contribution >= 0.6 is 11.8 Å². The molecule has 0 saturated heterocycles. The van der Waals surface area contributed by atoms with Gasteiger partial charge in [-0.2, -0.15) is 0 Å². The Kier molecular flexibility index (Phi) is 5.87. The van der Waals surface area contributed by atoms with Gasteiger partial charge < -0.3 is 14.4 Å². The smallest absolute Gasteiger partial charge is 0.315 e. The molecule has 3 rings (SSSR count). The van der Waals surface area contributed by atoms with Crippen LogP contribution in [-0.2, 0) is 22.5 Å². The Hall–Kier alpha value is -1.53. The van der Waals surface area contributed by atoms with E-state index >= 15 is 0 Å². The molecule has 1 aromatic heterocycles. The van der Waals surface area contributed by atoms with Crippen LogP contribution in [0.5, 0.6) is 0 Å². The predicted octanol–water partition coefficient (Wildman–Crippen LogP) is 4.20. The largest absolute Gasteiger partial charge is 0.468 e. The molecule has 0 aliphatic heterocycles. The quantitative estimate of drug-likeness (QED) is 0.592. The van der Waals surface area contributed by atoms with Gasteiger partial charge in [0.05, 0.1) is 36.0 Å². The molecular weight excluding hydrogens is 360 g/mol. The third-order valence-corrected chi connectivity index (χ3v) is 6.03. The maximum atomic E-state index is 11.4. The molecular formula is C21H30N2O3S. The Morgan fingerprint density at radius 1 is 1.33 bits per heavy atom. The SMILES string of the molecule is COC(=O)CSc1ccc2c(c1)nc(CC(C)(C)C)n2CC1(O)CCCC1. The van der Waals surface area contributed by atoms with E-state index in [2.05, 4.69) is 31.4 Å². The van der Waals surface area contributed by atoms with Crippen molar-refractivity contribution in [1.82, 2.24) is 9.55 Å². The molecule has 0 spiro atoms. The Labute approximate surface area is 165 Å². The van der Waals surface area contributed by atoms with Crippen molar-refractivity contribution in [3.8, 4) is 0 Å². The van der Waals surface area contributed by atoms with Gasteiger partial charge in [-0.25, -0.2) is 4.98 Å². The van der Waals surface area contributed by atoms with Gasteiger partial charge in [-0.1, -0.05) is 33.6 Å². The van der Waals surface area contributed by atoms with E-state index < -0.39 is 5.60 Å². The average Bonchev–Trinajstić information content (AvgIpc) is 3.15. The van der Waals surface area contributed by atoms with Gasteiger partial charge in [0.1, 0.15) is 5.82 Å². The molecule has 0 amide bonds. The summed E-state index contributed by atoms with van der Waals surface area (Å²) in [6.45, 7) is 7.22. The molecule has 1 heterocycles. The van der Waals surface area contributed by atoms with Crippen LogP contribution in [0.25, 0.3) is 11.0 Å². The highest BCUT2D eigenvalue weighted by Gasteiger charge is 2.33. The van der Waals surface area contributed by atoms with Crippen LogP contribution in [-0.4, -0.2) is 39.1 Å². The number of esters is 1. The molecule has 0 radical (unpaired) electrons. The van der Waals surface area contributed by atoms with Crippen LogP contribution in [0.15, 0.2) is 23.1 Å². The summed E-state index contributed by atoms with van der Waals surface area (Å²) in [4.78, 5) is 17.3. The number of aromatic nitrogens is 2. The molecule has 6 heteroatoms. The van der Waals surface area contributed by atoms with Gasteiger partial charge in [-0.05, 0) is 36.5 Å². The highest BCUT2D eigenvalue weighted by atomic mass is 32.2. The monoisotopic (exact) mass is 390 g/mol. The molecule has 27 heavy (non-hydrogen) atoms. The summed E-state index contributed by atoms with van der Waals surface area (Å²) < 4.78 is 6.92. The number of carbonyl (C=O) groups is 1. The summed E-state index contributed by atoms with van der Waals surface area (Å²) >= 11 is 1.46. The number of hydrogen-bond acceptors (Lipinski definition) is 5. The van der Waals surface area contributed by atoms with Crippen LogP contribution < -0.4 is 0 Å². The Balaban J connectivity index is 1.94. The van der Waals surface area contributed by atoms with E-state index in [4.69, 9.17) is 9.72 Å². The molecule has 0 atom stereocenters. The van der Waals surface area contributed by atoms with Crippen molar-refractivity contribution >= 4 is 28.8 Å². The lowest BCUT2D eigenvalue weighted by Gasteiger charge is -2.26. The van der Waals surface area contributed by atoms with E-state index in [-0.39, 0.29) is 17.1 Å². The summed E-state index contributed by atoms with van der Waals surface area (Å²) in [5.41, 5.74) is 1.46. The van der Waals surface area contributed by atoms with Gasteiger partial charge >= 0.3 is 5.97 Å². The number of ether oxygens (including phenoxy) is 1. The minimum absolute atomic E-state index is 0.111. The number of fused-ring (bicyclic) bond motifs is 1. The van der Waals surface area contributed by atoms with Crippen LogP contribution in [0.4, 0.5) is 0 Å². The van der Waals surface area contributed by atoms with Crippen LogP contribution in [0.2, 0.25) is 0 Å². The second-order valence-corrected chi connectivity index (χ2v) is 9.85. The van der Waals surface area contributed by atoms with Crippen molar-refractivity contribution in [3.63, 3.8) is 0 Å². The van der Waals surface area contributed by atoms with Crippen molar-refractivity contribution in [2.24, 2.45) is 5.41 Å². The first-order chi connectivity index (χ1) is 12.7. The molecule has 1 aromatic carbocycles. The lowest BCUT2D eigenvalue weighted by molar-refractivity contribution is -0.137. The number of imidazole rings is 1. The number of nitrogens with zero attached hydrogens (tertiary/aromatic N) is 2. The molecule has 1 saturated carbocycles. The van der Waals surface area contributed by atoms with Crippen molar-refractivity contribution in [2.45, 2.75) is 69.9 Å². The summed E-state index contributed by atoms with van der Waals surface area (Å²) in [7, 11) is 1.40. The third kappa shape index (κ3) is 5.05. The third-order valence-electron chi connectivity index (χ3n) is 5.06. The van der Waals surface area contributed by atoms with Gasteiger partial charge in [-0.3, -0.25) is 4.79 Å². The first-order valence-corrected chi connectivity index (χ1v) is 10.6. The minimum atomic E-state index is -0.626. The van der Waals surface area contributed by atoms with Crippen LogP contribution in [0.1, 0.15) is 52.3 Å². The molecule has 1 N–H and O–H groups in total. The fourth-order valence-corrected chi connectivity index (χ4v) is 4.48. The van der Waals surface area contributed by atoms with Gasteiger partial charge in [0, 0.05) is 11.3 Å². The lowest BCUT2D eigenvalue weighted by atomic mass is 9.91. The van der Waals surface area contributed by atoms with E-state index in [0.29, 0.717) is 6.54 Å². The first kappa shape index (κ1) is 20.2. The minimum Gasteiger partial charge on any atom is -0.468 e. The molecule has 0 unspecified atom stereocenters. The summed E-state index contributed by atoms with van der Waals surface area (Å²) in [5.74, 6) is 1.08. The summed E-state index contributed by atoms with van der Waals surface area (Å²) in [6.07, 6.45) is 4.74. The molecule has 1 aliphatic rings. The number of benzene rings is 1. The zero-order chi connectivity index (χ0) is 19.7. The maximum absolute atomic E-state index is 11.4. The van der Waals surface area contributed by atoms with Crippen molar-refractivity contribution in [1.29, 1.82) is 0 Å². The van der Waals surface area contributed by atoms with Gasteiger partial charge in [0.2, 0.25) is 0 Å². The zero-order valence-corrected chi connectivity index (χ0v) is 17.6. The fourth-order valence-electron chi connectivity index (χ4n) is 3.72. The van der Waals surface area contributed by atoms with Gasteiger partial charge in [-0.15, -0.1) is 11.8 Å². The van der Waals surface area contributed by atoms with E-state index in [1.165, 1.54) is 18.9 Å². The topological polar surface area (TPSA) is 64.3 Å². The van der Waals surface area contributed by atoms with E-state index in [0.717, 1.165) is 53.9 Å². The van der Waals surface area contributed by atoms with E-state index in [1.54, 1.807) is 0 Å². The highest BCUT2D eigenvalue weighted by molar-refractivity contribution is 8.00. The number of hydrogen-bond donors (Lipinski definition) is 1. The van der Waals surface area contributed by atoms with Crippen molar-refractivity contribution in [2.75, 3.05) is 12.9 Å². The number of methoxy groups -OCH3 is 1. The first-order valence-electron chi connectivity index (χ1n) is 9.60. The van der Waals surface area contributed by atoms with Crippen LogP contribution in [0, 0.1) is 5.41 Å². The van der Waals surface area contributed by atoms with Crippen molar-refractivity contribution in [3.05, 3.63) is 24.0 Å². The van der Waals surface area contributed by atoms with E-state index in [9.17, 15) is 9.90 Å². The normalized spacial score (nSPS) is 16.8. The highest BCUT2D eigenvalue weighted by Crippen LogP contribution is 2.34. The molecule has 1 fully saturated rings. The van der Waals surface area contributed by atoms with Gasteiger partial charge in [0.15, 0.2) is 0 Å². The fraction of sp³-hybridized carbons (Fsp3) is 0.619. The number of aliphatic hydroxyl groups is 1. The second kappa shape index (κ2) is 7.84. The average molecular weight is 391 g/mol. The Morgan fingerprint density at radius 2 is 2.04 bits per heavy atom. The molecule has 0 bridgehead atoms. The standard InChI is InChI=1S/C21H30N2O3S/c1-20(2,3)12-18-22-16-11-15(27-13-19(24)26-4)7-8-17(16)23(18)14-21(25)9-5-6-10-21/h7-8,11,25H,5-6,9-10,12-14H2,1-4H3. The van der Waals surface area contributed by atoms with Crippen LogP contribution in [0.3, 0.4) is 0 Å². The number of thioether (sulfide) groups is 1. The molecule has 1 aliphatic carbocycles. The number of carbonyl (C=O) groups excluding carboxylic acids is 1. The van der Waals surface area contributed by atoms with Gasteiger partial charge in [0.25, 0.3) is 0 Å². The Bertz CT molecular complexity index is 817. The van der Waals surface area contributed by atoms with E-state index in [1.807, 2.05) is 12.1 Å². The maximum Gasteiger partial charge on any atom is 0.315 e. The molecule has 148 valence electrons. The summed E-state index contributed by atoms with van der Waals surface area (Å²) in [6, 6.07) is 6.12. The van der Waals surface area contributed by atoms with Crippen molar-refractivity contribution < 1.29 is 14.6 Å². The lowest BCUT2D eigenvalue weighted by Crippen LogP contribution is -2.31. The zero-order valence-electron chi connectivity index (χ0n) is 16.7. The Morgan fingerprint density at radius 3 is 2.67 bits per heavy atom. The molecule has 2 aromatic rings. The predicted molar refractivity (Wildman–Crippen MR) is 109 cm³/mol. The number of rotatable bonds is 6. The summed E-state index contributed by atoms with van der Waals surface area (Å²) in [5, 5.41) is 11.0. The molecule has 5 nitrogen and oxygen atoms in total.